The van der Waals surface area contributed by atoms with Gasteiger partial charge >= 0.3 is 0 Å². The van der Waals surface area contributed by atoms with Gasteiger partial charge < -0.3 is 10.1 Å². The molecule has 0 radical (unpaired) electrons. The van der Waals surface area contributed by atoms with Gasteiger partial charge in [0.2, 0.25) is 0 Å². The predicted molar refractivity (Wildman–Crippen MR) is 69.6 cm³/mol. The highest BCUT2D eigenvalue weighted by atomic mass is 32.2. The van der Waals surface area contributed by atoms with E-state index in [0.717, 1.165) is 19.4 Å². The van der Waals surface area contributed by atoms with Gasteiger partial charge in [-0.25, -0.2) is 0 Å². The molecule has 0 atom stereocenters. The summed E-state index contributed by atoms with van der Waals surface area (Å²) in [5.74, 6) is 0. The lowest BCUT2D eigenvalue weighted by Gasteiger charge is -2.36. The van der Waals surface area contributed by atoms with Gasteiger partial charge in [0.1, 0.15) is 0 Å². The summed E-state index contributed by atoms with van der Waals surface area (Å²) in [7, 11) is -3.26. The largest absolute Gasteiger partial charge is 0.379 e. The molecule has 2 saturated heterocycles. The number of nitrogens with zero attached hydrogens (tertiary/aromatic N) is 2. The molecular formula is C11H23N3O3S. The van der Waals surface area contributed by atoms with Gasteiger partial charge in [-0.1, -0.05) is 6.92 Å². The Bertz CT molecular complexity index is 347. The van der Waals surface area contributed by atoms with E-state index in [0.29, 0.717) is 45.4 Å². The van der Waals surface area contributed by atoms with Gasteiger partial charge in [-0.3, -0.25) is 0 Å². The quantitative estimate of drug-likeness (QED) is 0.762. The average molecular weight is 277 g/mol. The second kappa shape index (κ2) is 6.29. The van der Waals surface area contributed by atoms with Crippen molar-refractivity contribution in [3.05, 3.63) is 0 Å². The lowest BCUT2D eigenvalue weighted by atomic mass is 10.1. The Morgan fingerprint density at radius 1 is 1.11 bits per heavy atom. The topological polar surface area (TPSA) is 61.9 Å². The molecule has 0 saturated carbocycles. The van der Waals surface area contributed by atoms with E-state index in [1.165, 1.54) is 0 Å². The van der Waals surface area contributed by atoms with Gasteiger partial charge in [-0.15, -0.1) is 0 Å². The number of ether oxygens (including phenoxy) is 1. The molecule has 2 rings (SSSR count). The maximum absolute atomic E-state index is 12.4. The number of hydrogen-bond acceptors (Lipinski definition) is 4. The summed E-state index contributed by atoms with van der Waals surface area (Å²) in [6.45, 7) is 6.25. The van der Waals surface area contributed by atoms with Gasteiger partial charge in [0.15, 0.2) is 0 Å². The highest BCUT2D eigenvalue weighted by Gasteiger charge is 2.33. The van der Waals surface area contributed by atoms with Crippen LogP contribution in [-0.4, -0.2) is 69.0 Å². The summed E-state index contributed by atoms with van der Waals surface area (Å²) in [5.41, 5.74) is 0. The Hall–Kier alpha value is -0.210. The van der Waals surface area contributed by atoms with Gasteiger partial charge in [0, 0.05) is 32.2 Å². The monoisotopic (exact) mass is 277 g/mol. The number of piperidine rings is 1. The first-order chi connectivity index (χ1) is 8.64. The summed E-state index contributed by atoms with van der Waals surface area (Å²) in [4.78, 5) is 0. The van der Waals surface area contributed by atoms with Gasteiger partial charge in [-0.2, -0.15) is 17.0 Å². The molecule has 106 valence electrons. The molecule has 0 aromatic heterocycles. The van der Waals surface area contributed by atoms with Crippen LogP contribution in [0.4, 0.5) is 0 Å². The molecular weight excluding hydrogens is 254 g/mol. The van der Waals surface area contributed by atoms with Crippen molar-refractivity contribution in [1.29, 1.82) is 0 Å². The van der Waals surface area contributed by atoms with Crippen molar-refractivity contribution in [3.8, 4) is 0 Å². The van der Waals surface area contributed by atoms with Crippen LogP contribution in [0.25, 0.3) is 0 Å². The molecule has 2 aliphatic rings. The maximum Gasteiger partial charge on any atom is 0.282 e. The lowest BCUT2D eigenvalue weighted by molar-refractivity contribution is 0.0695. The molecule has 18 heavy (non-hydrogen) atoms. The first kappa shape index (κ1) is 14.2. The third-order valence-electron chi connectivity index (χ3n) is 3.57. The lowest BCUT2D eigenvalue weighted by Crippen LogP contribution is -2.52. The summed E-state index contributed by atoms with van der Waals surface area (Å²) in [6.07, 6.45) is 1.80. The Labute approximate surface area is 109 Å². The van der Waals surface area contributed by atoms with Crippen molar-refractivity contribution < 1.29 is 13.2 Å². The molecule has 0 aromatic carbocycles. The smallest absolute Gasteiger partial charge is 0.282 e. The summed E-state index contributed by atoms with van der Waals surface area (Å²) < 4.78 is 33.1. The number of nitrogens with one attached hydrogen (secondary N) is 1. The normalized spacial score (nSPS) is 25.4. The van der Waals surface area contributed by atoms with Crippen molar-refractivity contribution in [2.75, 3.05) is 45.9 Å². The summed E-state index contributed by atoms with van der Waals surface area (Å²) in [6, 6.07) is 0.464. The molecule has 2 fully saturated rings. The van der Waals surface area contributed by atoms with Crippen molar-refractivity contribution in [2.45, 2.75) is 25.8 Å². The minimum atomic E-state index is -3.26. The minimum Gasteiger partial charge on any atom is -0.379 e. The van der Waals surface area contributed by atoms with E-state index in [4.69, 9.17) is 4.74 Å². The number of hydrogen-bond donors (Lipinski definition) is 1. The standard InChI is InChI=1S/C11H23N3O3S/c1-2-12-11-3-5-13(6-4-11)18(15,16)14-7-9-17-10-8-14/h11-12H,2-10H2,1H3. The maximum atomic E-state index is 12.4. The molecule has 0 spiro atoms. The molecule has 0 aromatic rings. The van der Waals surface area contributed by atoms with Crippen LogP contribution in [0.2, 0.25) is 0 Å². The van der Waals surface area contributed by atoms with Crippen molar-refractivity contribution in [1.82, 2.24) is 13.9 Å². The Morgan fingerprint density at radius 3 is 2.22 bits per heavy atom. The van der Waals surface area contributed by atoms with Gasteiger partial charge in [0.05, 0.1) is 13.2 Å². The predicted octanol–water partition coefficient (Wildman–Crippen LogP) is -0.363. The molecule has 2 heterocycles. The fourth-order valence-electron chi connectivity index (χ4n) is 2.52. The van der Waals surface area contributed by atoms with E-state index in [9.17, 15) is 8.42 Å². The van der Waals surface area contributed by atoms with E-state index >= 15 is 0 Å². The van der Waals surface area contributed by atoms with Crippen LogP contribution in [0.1, 0.15) is 19.8 Å². The Morgan fingerprint density at radius 2 is 1.67 bits per heavy atom. The van der Waals surface area contributed by atoms with Gasteiger partial charge in [0.25, 0.3) is 10.2 Å². The minimum absolute atomic E-state index is 0.464. The molecule has 6 nitrogen and oxygen atoms in total. The fourth-order valence-corrected chi connectivity index (χ4v) is 4.13. The number of morpholine rings is 1. The van der Waals surface area contributed by atoms with E-state index in [-0.39, 0.29) is 0 Å². The second-order valence-electron chi connectivity index (χ2n) is 4.75. The molecule has 1 N–H and O–H groups in total. The highest BCUT2D eigenvalue weighted by Crippen LogP contribution is 2.17. The van der Waals surface area contributed by atoms with Crippen molar-refractivity contribution in [2.24, 2.45) is 0 Å². The molecule has 2 aliphatic heterocycles. The molecule has 0 amide bonds. The Kier molecular flexibility index (Phi) is 4.97. The van der Waals surface area contributed by atoms with Crippen LogP contribution in [0.15, 0.2) is 0 Å². The molecule has 7 heteroatoms. The van der Waals surface area contributed by atoms with Crippen molar-refractivity contribution in [3.63, 3.8) is 0 Å². The van der Waals surface area contributed by atoms with E-state index in [1.54, 1.807) is 8.61 Å². The first-order valence-electron chi connectivity index (χ1n) is 6.71. The highest BCUT2D eigenvalue weighted by molar-refractivity contribution is 7.86. The second-order valence-corrected chi connectivity index (χ2v) is 6.68. The SMILES string of the molecule is CCNC1CCN(S(=O)(=O)N2CCOCC2)CC1. The fraction of sp³-hybridized carbons (Fsp3) is 1.00. The van der Waals surface area contributed by atoms with Crippen LogP contribution in [0, 0.1) is 0 Å². The molecule has 0 unspecified atom stereocenters. The van der Waals surface area contributed by atoms with E-state index in [1.807, 2.05) is 0 Å². The summed E-state index contributed by atoms with van der Waals surface area (Å²) in [5, 5.41) is 3.38. The first-order valence-corrected chi connectivity index (χ1v) is 8.10. The van der Waals surface area contributed by atoms with Gasteiger partial charge in [-0.05, 0) is 19.4 Å². The zero-order chi connectivity index (χ0) is 13.0. The van der Waals surface area contributed by atoms with Crippen LogP contribution in [0.3, 0.4) is 0 Å². The van der Waals surface area contributed by atoms with Crippen LogP contribution >= 0.6 is 0 Å². The Balaban J connectivity index is 1.91. The van der Waals surface area contributed by atoms with E-state index in [2.05, 4.69) is 12.2 Å². The van der Waals surface area contributed by atoms with Crippen LogP contribution < -0.4 is 5.32 Å². The third kappa shape index (κ3) is 3.21. The van der Waals surface area contributed by atoms with Crippen molar-refractivity contribution >= 4 is 10.2 Å². The van der Waals surface area contributed by atoms with E-state index < -0.39 is 10.2 Å². The average Bonchev–Trinajstić information content (AvgIpc) is 2.41. The zero-order valence-corrected chi connectivity index (χ0v) is 11.8. The number of rotatable bonds is 4. The van der Waals surface area contributed by atoms with Crippen LogP contribution in [-0.2, 0) is 14.9 Å². The molecule has 0 bridgehead atoms. The van der Waals surface area contributed by atoms with Crippen LogP contribution in [0.5, 0.6) is 0 Å². The molecule has 0 aliphatic carbocycles. The third-order valence-corrected chi connectivity index (χ3v) is 5.60. The summed E-state index contributed by atoms with van der Waals surface area (Å²) >= 11 is 0. The zero-order valence-electron chi connectivity index (χ0n) is 11.0.